The van der Waals surface area contributed by atoms with E-state index in [9.17, 15) is 18.4 Å². The number of hydrogen-bond donors (Lipinski definition) is 2. The van der Waals surface area contributed by atoms with Gasteiger partial charge in [-0.25, -0.2) is 8.78 Å². The number of hydrogen-bond acceptors (Lipinski definition) is 2. The van der Waals surface area contributed by atoms with Crippen LogP contribution in [0.2, 0.25) is 0 Å². The van der Waals surface area contributed by atoms with Gasteiger partial charge >= 0.3 is 0 Å². The van der Waals surface area contributed by atoms with E-state index in [1.165, 1.54) is 6.07 Å². The van der Waals surface area contributed by atoms with Crippen LogP contribution in [0.25, 0.3) is 0 Å². The van der Waals surface area contributed by atoms with Crippen LogP contribution in [0.4, 0.5) is 14.5 Å². The molecular weight excluding hydrogens is 362 g/mol. The lowest BCUT2D eigenvalue weighted by atomic mass is 10.1. The molecule has 1 unspecified atom stereocenters. The van der Waals surface area contributed by atoms with Gasteiger partial charge in [-0.05, 0) is 42.8 Å². The van der Waals surface area contributed by atoms with Gasteiger partial charge in [-0.1, -0.05) is 42.5 Å². The van der Waals surface area contributed by atoms with Crippen molar-refractivity contribution in [1.29, 1.82) is 0 Å². The van der Waals surface area contributed by atoms with E-state index < -0.39 is 29.0 Å². The van der Waals surface area contributed by atoms with E-state index in [-0.39, 0.29) is 17.3 Å². The average Bonchev–Trinajstić information content (AvgIpc) is 2.70. The van der Waals surface area contributed by atoms with E-state index in [0.717, 1.165) is 23.8 Å². The Labute approximate surface area is 161 Å². The number of carbonyl (C=O) groups is 2. The quantitative estimate of drug-likeness (QED) is 0.674. The van der Waals surface area contributed by atoms with E-state index in [2.05, 4.69) is 10.6 Å². The molecule has 0 spiro atoms. The number of rotatable bonds is 5. The Morgan fingerprint density at radius 1 is 0.821 bits per heavy atom. The monoisotopic (exact) mass is 380 g/mol. The highest BCUT2D eigenvalue weighted by Crippen LogP contribution is 2.20. The Hall–Kier alpha value is -3.54. The van der Waals surface area contributed by atoms with Gasteiger partial charge in [0.25, 0.3) is 11.8 Å². The van der Waals surface area contributed by atoms with E-state index in [0.29, 0.717) is 0 Å². The summed E-state index contributed by atoms with van der Waals surface area (Å²) in [7, 11) is 0. The number of para-hydroxylation sites is 1. The van der Waals surface area contributed by atoms with Crippen LogP contribution in [0.15, 0.2) is 72.8 Å². The maximum Gasteiger partial charge on any atom is 0.258 e. The van der Waals surface area contributed by atoms with Crippen molar-refractivity contribution in [2.45, 2.75) is 13.0 Å². The fourth-order valence-corrected chi connectivity index (χ4v) is 2.75. The molecule has 0 fully saturated rings. The number of benzene rings is 3. The largest absolute Gasteiger partial charge is 0.345 e. The SMILES string of the molecule is CC(NC(=O)c1ccccc1NC(=O)c1cc(F)ccc1F)c1ccccc1. The number of carbonyl (C=O) groups excluding carboxylic acids is 2. The molecule has 1 atom stereocenters. The van der Waals surface area contributed by atoms with Gasteiger partial charge in [0.15, 0.2) is 0 Å². The lowest BCUT2D eigenvalue weighted by Crippen LogP contribution is -2.28. The summed E-state index contributed by atoms with van der Waals surface area (Å²) in [5, 5.41) is 5.34. The number of halogens is 2. The molecule has 2 amide bonds. The molecule has 28 heavy (non-hydrogen) atoms. The van der Waals surface area contributed by atoms with Crippen molar-refractivity contribution in [3.63, 3.8) is 0 Å². The van der Waals surface area contributed by atoms with E-state index in [4.69, 9.17) is 0 Å². The molecule has 4 nitrogen and oxygen atoms in total. The van der Waals surface area contributed by atoms with Gasteiger partial charge < -0.3 is 10.6 Å². The molecule has 2 N–H and O–H groups in total. The third-order valence-electron chi connectivity index (χ3n) is 4.24. The lowest BCUT2D eigenvalue weighted by molar-refractivity contribution is 0.0940. The first-order chi connectivity index (χ1) is 13.5. The second kappa shape index (κ2) is 8.43. The highest BCUT2D eigenvalue weighted by molar-refractivity contribution is 6.09. The highest BCUT2D eigenvalue weighted by Gasteiger charge is 2.18. The second-order valence-electron chi connectivity index (χ2n) is 6.23. The first kappa shape index (κ1) is 19.2. The molecule has 0 aliphatic heterocycles. The average molecular weight is 380 g/mol. The van der Waals surface area contributed by atoms with Gasteiger partial charge in [-0.2, -0.15) is 0 Å². The van der Waals surface area contributed by atoms with Crippen molar-refractivity contribution in [3.8, 4) is 0 Å². The standard InChI is InChI=1S/C22H18F2N2O2/c1-14(15-7-3-2-4-8-15)25-21(27)17-9-5-6-10-20(17)26-22(28)18-13-16(23)11-12-19(18)24/h2-14H,1H3,(H,25,27)(H,26,28). The summed E-state index contributed by atoms with van der Waals surface area (Å²) in [6, 6.07) is 18.1. The lowest BCUT2D eigenvalue weighted by Gasteiger charge is -2.16. The molecule has 0 bridgehead atoms. The highest BCUT2D eigenvalue weighted by atomic mass is 19.1. The molecule has 0 saturated carbocycles. The minimum atomic E-state index is -0.849. The van der Waals surface area contributed by atoms with Gasteiger partial charge in [0.2, 0.25) is 0 Å². The molecule has 142 valence electrons. The van der Waals surface area contributed by atoms with Crippen LogP contribution < -0.4 is 10.6 Å². The van der Waals surface area contributed by atoms with E-state index in [1.807, 2.05) is 37.3 Å². The van der Waals surface area contributed by atoms with Gasteiger partial charge in [0.05, 0.1) is 22.9 Å². The zero-order valence-electron chi connectivity index (χ0n) is 15.1. The molecular formula is C22H18F2N2O2. The fraction of sp³-hybridized carbons (Fsp3) is 0.0909. The normalized spacial score (nSPS) is 11.5. The van der Waals surface area contributed by atoms with Crippen LogP contribution in [-0.4, -0.2) is 11.8 Å². The zero-order chi connectivity index (χ0) is 20.1. The first-order valence-electron chi connectivity index (χ1n) is 8.67. The van der Waals surface area contributed by atoms with E-state index in [1.54, 1.807) is 18.2 Å². The smallest absolute Gasteiger partial charge is 0.258 e. The zero-order valence-corrected chi connectivity index (χ0v) is 15.1. The van der Waals surface area contributed by atoms with E-state index >= 15 is 0 Å². The van der Waals surface area contributed by atoms with Crippen molar-refractivity contribution < 1.29 is 18.4 Å². The third kappa shape index (κ3) is 4.40. The topological polar surface area (TPSA) is 58.2 Å². The summed E-state index contributed by atoms with van der Waals surface area (Å²) in [4.78, 5) is 25.0. The van der Waals surface area contributed by atoms with Gasteiger partial charge in [0, 0.05) is 0 Å². The Bertz CT molecular complexity index is 1010. The van der Waals surface area contributed by atoms with Crippen molar-refractivity contribution in [1.82, 2.24) is 5.32 Å². The van der Waals surface area contributed by atoms with Crippen LogP contribution in [0.5, 0.6) is 0 Å². The molecule has 0 saturated heterocycles. The Morgan fingerprint density at radius 2 is 1.50 bits per heavy atom. The fourth-order valence-electron chi connectivity index (χ4n) is 2.75. The molecule has 0 radical (unpaired) electrons. The van der Waals surface area contributed by atoms with Crippen molar-refractivity contribution >= 4 is 17.5 Å². The second-order valence-corrected chi connectivity index (χ2v) is 6.23. The van der Waals surface area contributed by atoms with Crippen molar-refractivity contribution in [2.24, 2.45) is 0 Å². The summed E-state index contributed by atoms with van der Waals surface area (Å²) < 4.78 is 27.2. The summed E-state index contributed by atoms with van der Waals surface area (Å²) in [6.07, 6.45) is 0. The Morgan fingerprint density at radius 3 is 2.25 bits per heavy atom. The molecule has 3 rings (SSSR count). The van der Waals surface area contributed by atoms with Crippen LogP contribution in [0.1, 0.15) is 39.2 Å². The third-order valence-corrected chi connectivity index (χ3v) is 4.24. The maximum atomic E-state index is 13.8. The molecule has 0 aromatic heterocycles. The summed E-state index contributed by atoms with van der Waals surface area (Å²) in [5.74, 6) is -2.81. The minimum absolute atomic E-state index is 0.203. The Kier molecular flexibility index (Phi) is 5.79. The molecule has 0 aliphatic rings. The molecule has 3 aromatic carbocycles. The summed E-state index contributed by atoms with van der Waals surface area (Å²) in [5.41, 5.74) is 0.913. The molecule has 6 heteroatoms. The maximum absolute atomic E-state index is 13.8. The Balaban J connectivity index is 1.80. The van der Waals surface area contributed by atoms with Crippen LogP contribution in [0.3, 0.4) is 0 Å². The first-order valence-corrected chi connectivity index (χ1v) is 8.67. The van der Waals surface area contributed by atoms with Crippen LogP contribution in [0, 0.1) is 11.6 Å². The van der Waals surface area contributed by atoms with Crippen LogP contribution >= 0.6 is 0 Å². The van der Waals surface area contributed by atoms with Crippen LogP contribution in [-0.2, 0) is 0 Å². The number of anilines is 1. The van der Waals surface area contributed by atoms with Crippen molar-refractivity contribution in [2.75, 3.05) is 5.32 Å². The predicted octanol–water partition coefficient (Wildman–Crippen LogP) is 4.71. The molecule has 0 heterocycles. The van der Waals surface area contributed by atoms with Gasteiger partial charge in [-0.15, -0.1) is 0 Å². The molecule has 0 aliphatic carbocycles. The van der Waals surface area contributed by atoms with Gasteiger partial charge in [0.1, 0.15) is 11.6 Å². The minimum Gasteiger partial charge on any atom is -0.345 e. The van der Waals surface area contributed by atoms with Crippen molar-refractivity contribution in [3.05, 3.63) is 101 Å². The summed E-state index contributed by atoms with van der Waals surface area (Å²) >= 11 is 0. The summed E-state index contributed by atoms with van der Waals surface area (Å²) in [6.45, 7) is 1.84. The number of nitrogens with one attached hydrogen (secondary N) is 2. The predicted molar refractivity (Wildman–Crippen MR) is 103 cm³/mol. The van der Waals surface area contributed by atoms with Gasteiger partial charge in [-0.3, -0.25) is 9.59 Å². The number of amides is 2. The molecule has 3 aromatic rings.